The van der Waals surface area contributed by atoms with E-state index in [-0.39, 0.29) is 5.91 Å². The Kier molecular flexibility index (Phi) is 9.34. The van der Waals surface area contributed by atoms with Crippen molar-refractivity contribution in [3.05, 3.63) is 81.8 Å². The topological polar surface area (TPSA) is 78.4 Å². The first-order chi connectivity index (χ1) is 16.5. The Hall–Kier alpha value is -3.52. The van der Waals surface area contributed by atoms with E-state index in [1.165, 1.54) is 13.3 Å². The van der Waals surface area contributed by atoms with Crippen molar-refractivity contribution in [1.29, 1.82) is 0 Å². The van der Waals surface area contributed by atoms with E-state index in [1.807, 2.05) is 43.3 Å². The van der Waals surface area contributed by atoms with E-state index in [4.69, 9.17) is 18.9 Å². The number of carbonyl (C=O) groups is 1. The molecule has 0 aromatic heterocycles. The lowest BCUT2D eigenvalue weighted by Gasteiger charge is -2.13. The number of hydrazone groups is 1. The Balaban J connectivity index is 1.65. The maximum Gasteiger partial charge on any atom is 0.271 e. The molecule has 34 heavy (non-hydrogen) atoms. The van der Waals surface area contributed by atoms with Crippen LogP contribution in [0.25, 0.3) is 0 Å². The largest absolute Gasteiger partial charge is 0.493 e. The van der Waals surface area contributed by atoms with E-state index < -0.39 is 0 Å². The van der Waals surface area contributed by atoms with Crippen LogP contribution in [-0.4, -0.2) is 32.9 Å². The van der Waals surface area contributed by atoms with E-state index in [9.17, 15) is 4.79 Å². The van der Waals surface area contributed by atoms with E-state index in [1.54, 1.807) is 31.4 Å². The molecule has 0 aliphatic rings. The van der Waals surface area contributed by atoms with Gasteiger partial charge in [-0.15, -0.1) is 0 Å². The third-order valence-corrected chi connectivity index (χ3v) is 5.33. The molecule has 0 fully saturated rings. The molecular weight excluding hydrogens is 500 g/mol. The predicted octanol–water partition coefficient (Wildman–Crippen LogP) is 5.60. The number of nitrogens with zero attached hydrogens (tertiary/aromatic N) is 1. The van der Waals surface area contributed by atoms with Crippen LogP contribution < -0.4 is 24.4 Å². The Morgan fingerprint density at radius 1 is 0.971 bits per heavy atom. The smallest absolute Gasteiger partial charge is 0.271 e. The average Bonchev–Trinajstić information content (AvgIpc) is 2.87. The van der Waals surface area contributed by atoms with Crippen molar-refractivity contribution >= 4 is 28.1 Å². The number of amides is 1. The molecule has 0 atom stereocenters. The minimum absolute atomic E-state index is 0.377. The molecular formula is C26H27BrN2O5. The molecule has 3 aromatic carbocycles. The molecule has 0 heterocycles. The zero-order valence-corrected chi connectivity index (χ0v) is 20.9. The molecule has 1 amide bonds. The summed E-state index contributed by atoms with van der Waals surface area (Å²) in [5.41, 5.74) is 4.69. The van der Waals surface area contributed by atoms with Crippen molar-refractivity contribution in [2.45, 2.75) is 20.0 Å². The average molecular weight is 527 g/mol. The summed E-state index contributed by atoms with van der Waals surface area (Å²) in [5, 5.41) is 4.07. The van der Waals surface area contributed by atoms with Crippen molar-refractivity contribution < 1.29 is 23.7 Å². The first kappa shape index (κ1) is 25.1. The molecule has 0 bridgehead atoms. The summed E-state index contributed by atoms with van der Waals surface area (Å²) in [6, 6.07) is 18.4. The van der Waals surface area contributed by atoms with Gasteiger partial charge in [0.1, 0.15) is 6.61 Å². The predicted molar refractivity (Wildman–Crippen MR) is 135 cm³/mol. The number of methoxy groups -OCH3 is 2. The highest BCUT2D eigenvalue weighted by atomic mass is 79.9. The monoisotopic (exact) mass is 526 g/mol. The number of benzene rings is 3. The molecule has 0 radical (unpaired) electrons. The summed E-state index contributed by atoms with van der Waals surface area (Å²) in [4.78, 5) is 12.6. The highest BCUT2D eigenvalue weighted by molar-refractivity contribution is 9.10. The molecule has 0 spiro atoms. The Morgan fingerprint density at radius 3 is 2.44 bits per heavy atom. The minimum atomic E-state index is -0.377. The standard InChI is InChI=1S/C26H27BrN2O5/c1-4-12-33-25-21(27)13-19(14-24(25)32-3)16-28-29-26(30)20-10-11-22(23(15-20)31-2)34-17-18-8-6-5-7-9-18/h5-11,13-16H,4,12,17H2,1-3H3,(H,29,30)/b28-16+. The van der Waals surface area contributed by atoms with Crippen molar-refractivity contribution in [2.24, 2.45) is 5.10 Å². The van der Waals surface area contributed by atoms with Gasteiger partial charge in [0.05, 0.1) is 31.5 Å². The van der Waals surface area contributed by atoms with Gasteiger partial charge in [-0.1, -0.05) is 37.3 Å². The molecule has 0 saturated heterocycles. The van der Waals surface area contributed by atoms with Crippen molar-refractivity contribution in [1.82, 2.24) is 5.43 Å². The van der Waals surface area contributed by atoms with Crippen molar-refractivity contribution in [3.63, 3.8) is 0 Å². The number of rotatable bonds is 11. The molecule has 178 valence electrons. The second-order valence-electron chi connectivity index (χ2n) is 7.22. The van der Waals surface area contributed by atoms with Crippen LogP contribution in [0.3, 0.4) is 0 Å². The van der Waals surface area contributed by atoms with Gasteiger partial charge in [0.15, 0.2) is 23.0 Å². The lowest BCUT2D eigenvalue weighted by molar-refractivity contribution is 0.0954. The molecule has 8 heteroatoms. The lowest BCUT2D eigenvalue weighted by atomic mass is 10.2. The van der Waals surface area contributed by atoms with Gasteiger partial charge in [0, 0.05) is 5.56 Å². The lowest BCUT2D eigenvalue weighted by Crippen LogP contribution is -2.17. The summed E-state index contributed by atoms with van der Waals surface area (Å²) in [6.07, 6.45) is 2.42. The van der Waals surface area contributed by atoms with Crippen LogP contribution in [0.1, 0.15) is 34.8 Å². The third kappa shape index (κ3) is 6.74. The Labute approximate surface area is 207 Å². The summed E-state index contributed by atoms with van der Waals surface area (Å²) >= 11 is 3.50. The fourth-order valence-corrected chi connectivity index (χ4v) is 3.63. The van der Waals surface area contributed by atoms with E-state index in [0.717, 1.165) is 22.0 Å². The second-order valence-corrected chi connectivity index (χ2v) is 8.08. The maximum atomic E-state index is 12.6. The summed E-state index contributed by atoms with van der Waals surface area (Å²) in [5.74, 6) is 1.84. The van der Waals surface area contributed by atoms with E-state index >= 15 is 0 Å². The first-order valence-corrected chi connectivity index (χ1v) is 11.5. The van der Waals surface area contributed by atoms with Gasteiger partial charge in [0.2, 0.25) is 0 Å². The first-order valence-electron chi connectivity index (χ1n) is 10.7. The highest BCUT2D eigenvalue weighted by Gasteiger charge is 2.13. The molecule has 3 aromatic rings. The van der Waals surface area contributed by atoms with Crippen LogP contribution in [0.5, 0.6) is 23.0 Å². The van der Waals surface area contributed by atoms with Crippen LogP contribution in [0.4, 0.5) is 0 Å². The fourth-order valence-electron chi connectivity index (χ4n) is 3.05. The number of halogens is 1. The van der Waals surface area contributed by atoms with Gasteiger partial charge in [-0.05, 0) is 63.8 Å². The SMILES string of the molecule is CCCOc1c(Br)cc(/C=N/NC(=O)c2ccc(OCc3ccccc3)c(OC)c2)cc1OC. The van der Waals surface area contributed by atoms with Crippen molar-refractivity contribution in [3.8, 4) is 23.0 Å². The number of hydrogen-bond acceptors (Lipinski definition) is 6. The van der Waals surface area contributed by atoms with Crippen LogP contribution in [-0.2, 0) is 6.61 Å². The van der Waals surface area contributed by atoms with Gasteiger partial charge in [-0.25, -0.2) is 5.43 Å². The van der Waals surface area contributed by atoms with Gasteiger partial charge >= 0.3 is 0 Å². The quantitative estimate of drug-likeness (QED) is 0.260. The highest BCUT2D eigenvalue weighted by Crippen LogP contribution is 2.36. The minimum Gasteiger partial charge on any atom is -0.493 e. The number of carbonyl (C=O) groups excluding carboxylic acids is 1. The normalized spacial score (nSPS) is 10.7. The second kappa shape index (κ2) is 12.6. The van der Waals surface area contributed by atoms with Gasteiger partial charge in [-0.2, -0.15) is 5.10 Å². The summed E-state index contributed by atoms with van der Waals surface area (Å²) < 4.78 is 23.1. The molecule has 7 nitrogen and oxygen atoms in total. The van der Waals surface area contributed by atoms with Gasteiger partial charge in [0.25, 0.3) is 5.91 Å². The van der Waals surface area contributed by atoms with Crippen LogP contribution in [0, 0.1) is 0 Å². The van der Waals surface area contributed by atoms with Crippen LogP contribution in [0.15, 0.2) is 70.2 Å². The maximum absolute atomic E-state index is 12.6. The summed E-state index contributed by atoms with van der Waals surface area (Å²) in [7, 11) is 3.10. The Morgan fingerprint density at radius 2 is 1.74 bits per heavy atom. The van der Waals surface area contributed by atoms with E-state index in [0.29, 0.717) is 41.8 Å². The third-order valence-electron chi connectivity index (χ3n) is 4.74. The number of ether oxygens (including phenoxy) is 4. The molecule has 0 unspecified atom stereocenters. The number of nitrogens with one attached hydrogen (secondary N) is 1. The molecule has 1 N–H and O–H groups in total. The van der Waals surface area contributed by atoms with E-state index in [2.05, 4.69) is 26.5 Å². The molecule has 0 aliphatic carbocycles. The number of hydrogen-bond donors (Lipinski definition) is 1. The zero-order chi connectivity index (χ0) is 24.3. The molecule has 3 rings (SSSR count). The molecule has 0 aliphatic heterocycles. The van der Waals surface area contributed by atoms with Gasteiger partial charge < -0.3 is 18.9 Å². The Bertz CT molecular complexity index is 1140. The van der Waals surface area contributed by atoms with Crippen LogP contribution in [0.2, 0.25) is 0 Å². The van der Waals surface area contributed by atoms with Gasteiger partial charge in [-0.3, -0.25) is 4.79 Å². The van der Waals surface area contributed by atoms with Crippen LogP contribution >= 0.6 is 15.9 Å². The molecule has 0 saturated carbocycles. The zero-order valence-electron chi connectivity index (χ0n) is 19.3. The summed E-state index contributed by atoms with van der Waals surface area (Å²) in [6.45, 7) is 3.01. The van der Waals surface area contributed by atoms with Crippen molar-refractivity contribution in [2.75, 3.05) is 20.8 Å². The fraction of sp³-hybridized carbons (Fsp3) is 0.231.